The summed E-state index contributed by atoms with van der Waals surface area (Å²) < 4.78 is 4.84. The highest BCUT2D eigenvalue weighted by molar-refractivity contribution is 5.78. The smallest absolute Gasteiger partial charge is 0.233 e. The monoisotopic (exact) mass is 216 g/mol. The molecular formula is C10H20N2O3. The molecule has 0 radical (unpaired) electrons. The summed E-state index contributed by atoms with van der Waals surface area (Å²) in [6.07, 6.45) is 2.03. The predicted molar refractivity (Wildman–Crippen MR) is 56.5 cm³/mol. The Morgan fingerprint density at radius 3 is 2.80 bits per heavy atom. The summed E-state index contributed by atoms with van der Waals surface area (Å²) in [6, 6.07) is 0. The zero-order valence-electron chi connectivity index (χ0n) is 9.21. The lowest BCUT2D eigenvalue weighted by Crippen LogP contribution is -2.38. The standard InChI is InChI=1S/C10H20N2O3/c1-15-5-4-11-6-9(14)12-7-10(8-13)2-3-10/h11,13H,2-8H2,1H3,(H,12,14). The van der Waals surface area contributed by atoms with E-state index in [9.17, 15) is 4.79 Å². The van der Waals surface area contributed by atoms with Crippen molar-refractivity contribution in [1.29, 1.82) is 0 Å². The van der Waals surface area contributed by atoms with Crippen LogP contribution in [0.1, 0.15) is 12.8 Å². The fraction of sp³-hybridized carbons (Fsp3) is 0.900. The summed E-state index contributed by atoms with van der Waals surface area (Å²) in [5.74, 6) is -0.0224. The Balaban J connectivity index is 1.99. The highest BCUT2D eigenvalue weighted by atomic mass is 16.5. The van der Waals surface area contributed by atoms with Crippen LogP contribution >= 0.6 is 0 Å². The summed E-state index contributed by atoms with van der Waals surface area (Å²) in [4.78, 5) is 11.3. The third kappa shape index (κ3) is 4.59. The van der Waals surface area contributed by atoms with Crippen molar-refractivity contribution in [3.05, 3.63) is 0 Å². The molecule has 3 N–H and O–H groups in total. The first kappa shape index (κ1) is 12.4. The number of rotatable bonds is 8. The van der Waals surface area contributed by atoms with Gasteiger partial charge in [0.1, 0.15) is 0 Å². The second-order valence-electron chi connectivity index (χ2n) is 4.10. The van der Waals surface area contributed by atoms with Crippen LogP contribution in [-0.4, -0.2) is 51.0 Å². The highest BCUT2D eigenvalue weighted by Crippen LogP contribution is 2.44. The second kappa shape index (κ2) is 6.05. The number of carbonyl (C=O) groups is 1. The van der Waals surface area contributed by atoms with Crippen LogP contribution < -0.4 is 10.6 Å². The summed E-state index contributed by atoms with van der Waals surface area (Å²) in [7, 11) is 1.62. The zero-order valence-corrected chi connectivity index (χ0v) is 9.21. The topological polar surface area (TPSA) is 70.6 Å². The minimum absolute atomic E-state index is 0.0117. The summed E-state index contributed by atoms with van der Waals surface area (Å²) >= 11 is 0. The Morgan fingerprint density at radius 2 is 2.27 bits per heavy atom. The molecule has 15 heavy (non-hydrogen) atoms. The molecule has 5 nitrogen and oxygen atoms in total. The minimum Gasteiger partial charge on any atom is -0.396 e. The van der Waals surface area contributed by atoms with E-state index in [1.807, 2.05) is 0 Å². The number of ether oxygens (including phenoxy) is 1. The molecule has 1 aliphatic rings. The van der Waals surface area contributed by atoms with Crippen LogP contribution in [0, 0.1) is 5.41 Å². The third-order valence-electron chi connectivity index (χ3n) is 2.72. The summed E-state index contributed by atoms with van der Waals surface area (Å²) in [5.41, 5.74) is -0.0117. The normalized spacial score (nSPS) is 17.5. The predicted octanol–water partition coefficient (Wildman–Crippen LogP) is -0.889. The van der Waals surface area contributed by atoms with Crippen molar-refractivity contribution in [2.45, 2.75) is 12.8 Å². The number of nitrogens with one attached hydrogen (secondary N) is 2. The van der Waals surface area contributed by atoms with E-state index in [1.54, 1.807) is 7.11 Å². The number of hydrogen-bond acceptors (Lipinski definition) is 4. The maximum absolute atomic E-state index is 11.3. The lowest BCUT2D eigenvalue weighted by atomic mass is 10.1. The second-order valence-corrected chi connectivity index (χ2v) is 4.10. The lowest BCUT2D eigenvalue weighted by Gasteiger charge is -2.12. The van der Waals surface area contributed by atoms with Crippen molar-refractivity contribution in [2.24, 2.45) is 5.41 Å². The van der Waals surface area contributed by atoms with E-state index in [0.29, 0.717) is 26.2 Å². The van der Waals surface area contributed by atoms with Gasteiger partial charge in [-0.2, -0.15) is 0 Å². The number of aliphatic hydroxyl groups is 1. The van der Waals surface area contributed by atoms with Gasteiger partial charge >= 0.3 is 0 Å². The van der Waals surface area contributed by atoms with Crippen molar-refractivity contribution in [2.75, 3.05) is 40.0 Å². The first-order chi connectivity index (χ1) is 7.22. The largest absolute Gasteiger partial charge is 0.396 e. The van der Waals surface area contributed by atoms with Gasteiger partial charge in [0, 0.05) is 25.6 Å². The number of methoxy groups -OCH3 is 1. The van der Waals surface area contributed by atoms with Gasteiger partial charge in [-0.3, -0.25) is 4.79 Å². The molecule has 0 atom stereocenters. The van der Waals surface area contributed by atoms with Crippen molar-refractivity contribution in [3.8, 4) is 0 Å². The SMILES string of the molecule is COCCNCC(=O)NCC1(CO)CC1. The Morgan fingerprint density at radius 1 is 1.53 bits per heavy atom. The lowest BCUT2D eigenvalue weighted by molar-refractivity contribution is -0.120. The molecule has 0 bridgehead atoms. The molecule has 1 saturated carbocycles. The van der Waals surface area contributed by atoms with Gasteiger partial charge in [0.15, 0.2) is 0 Å². The molecule has 1 aliphatic carbocycles. The minimum atomic E-state index is -0.0224. The van der Waals surface area contributed by atoms with E-state index in [1.165, 1.54) is 0 Å². The molecule has 0 heterocycles. The fourth-order valence-corrected chi connectivity index (χ4v) is 1.29. The van der Waals surface area contributed by atoms with E-state index in [-0.39, 0.29) is 17.9 Å². The van der Waals surface area contributed by atoms with Gasteiger partial charge in [0.05, 0.1) is 19.8 Å². The molecule has 0 spiro atoms. The molecule has 0 saturated heterocycles. The first-order valence-corrected chi connectivity index (χ1v) is 5.30. The average Bonchev–Trinajstić information content (AvgIpc) is 3.02. The van der Waals surface area contributed by atoms with Crippen molar-refractivity contribution in [3.63, 3.8) is 0 Å². The molecule has 1 fully saturated rings. The number of hydrogen-bond donors (Lipinski definition) is 3. The van der Waals surface area contributed by atoms with E-state index in [2.05, 4.69) is 10.6 Å². The van der Waals surface area contributed by atoms with Crippen LogP contribution in [0.2, 0.25) is 0 Å². The van der Waals surface area contributed by atoms with E-state index < -0.39 is 0 Å². The summed E-state index contributed by atoms with van der Waals surface area (Å²) in [6.45, 7) is 2.35. The van der Waals surface area contributed by atoms with Gasteiger partial charge in [0.25, 0.3) is 0 Å². The summed E-state index contributed by atoms with van der Waals surface area (Å²) in [5, 5.41) is 14.8. The third-order valence-corrected chi connectivity index (χ3v) is 2.72. The molecular weight excluding hydrogens is 196 g/mol. The Bertz CT molecular complexity index is 205. The van der Waals surface area contributed by atoms with Crippen LogP contribution in [0.5, 0.6) is 0 Å². The Labute approximate surface area is 90.2 Å². The van der Waals surface area contributed by atoms with Crippen LogP contribution in [0.4, 0.5) is 0 Å². The first-order valence-electron chi connectivity index (χ1n) is 5.30. The van der Waals surface area contributed by atoms with E-state index in [4.69, 9.17) is 9.84 Å². The molecule has 1 amide bonds. The van der Waals surface area contributed by atoms with Gasteiger partial charge in [-0.15, -0.1) is 0 Å². The average molecular weight is 216 g/mol. The van der Waals surface area contributed by atoms with Crippen LogP contribution in [0.3, 0.4) is 0 Å². The Hall–Kier alpha value is -0.650. The molecule has 88 valence electrons. The van der Waals surface area contributed by atoms with Gasteiger partial charge in [-0.05, 0) is 12.8 Å². The van der Waals surface area contributed by atoms with Crippen LogP contribution in [0.15, 0.2) is 0 Å². The van der Waals surface area contributed by atoms with Gasteiger partial charge < -0.3 is 20.5 Å². The number of aliphatic hydroxyl groups excluding tert-OH is 1. The number of carbonyl (C=O) groups excluding carboxylic acids is 1. The van der Waals surface area contributed by atoms with Crippen molar-refractivity contribution in [1.82, 2.24) is 10.6 Å². The zero-order chi connectivity index (χ0) is 11.1. The van der Waals surface area contributed by atoms with Crippen molar-refractivity contribution < 1.29 is 14.6 Å². The molecule has 0 aromatic heterocycles. The Kier molecular flexibility index (Phi) is 5.01. The van der Waals surface area contributed by atoms with Crippen LogP contribution in [0.25, 0.3) is 0 Å². The quantitative estimate of drug-likeness (QED) is 0.460. The molecule has 1 rings (SSSR count). The molecule has 0 aromatic rings. The van der Waals surface area contributed by atoms with E-state index >= 15 is 0 Å². The maximum Gasteiger partial charge on any atom is 0.233 e. The van der Waals surface area contributed by atoms with Gasteiger partial charge in [-0.25, -0.2) is 0 Å². The van der Waals surface area contributed by atoms with E-state index in [0.717, 1.165) is 12.8 Å². The van der Waals surface area contributed by atoms with Gasteiger partial charge in [-0.1, -0.05) is 0 Å². The van der Waals surface area contributed by atoms with Crippen LogP contribution in [-0.2, 0) is 9.53 Å². The fourth-order valence-electron chi connectivity index (χ4n) is 1.29. The molecule has 0 aliphatic heterocycles. The van der Waals surface area contributed by atoms with Crippen molar-refractivity contribution >= 4 is 5.91 Å². The molecule has 0 unspecified atom stereocenters. The maximum atomic E-state index is 11.3. The molecule has 0 aromatic carbocycles. The van der Waals surface area contributed by atoms with Gasteiger partial charge in [0.2, 0.25) is 5.91 Å². The molecule has 5 heteroatoms. The number of amides is 1. The highest BCUT2D eigenvalue weighted by Gasteiger charge is 2.41.